The van der Waals surface area contributed by atoms with Crippen LogP contribution in [0.5, 0.6) is 5.75 Å². The normalized spacial score (nSPS) is 18.3. The lowest BCUT2D eigenvalue weighted by atomic mass is 10.2. The summed E-state index contributed by atoms with van der Waals surface area (Å²) in [6.07, 6.45) is 0.732. The van der Waals surface area contributed by atoms with E-state index in [0.717, 1.165) is 22.1 Å². The van der Waals surface area contributed by atoms with Crippen molar-refractivity contribution in [2.75, 3.05) is 18.5 Å². The maximum atomic E-state index is 13.1. The van der Waals surface area contributed by atoms with Gasteiger partial charge in [-0.3, -0.25) is 4.57 Å². The van der Waals surface area contributed by atoms with E-state index in [1.54, 1.807) is 24.3 Å². The van der Waals surface area contributed by atoms with Crippen molar-refractivity contribution in [3.63, 3.8) is 0 Å². The van der Waals surface area contributed by atoms with Gasteiger partial charge in [-0.2, -0.15) is 0 Å². The van der Waals surface area contributed by atoms with E-state index in [1.165, 1.54) is 0 Å². The minimum Gasteiger partial charge on any atom is -0.508 e. The predicted octanol–water partition coefficient (Wildman–Crippen LogP) is 4.90. The second-order valence-electron chi connectivity index (χ2n) is 5.21. The minimum absolute atomic E-state index is 0.174. The van der Waals surface area contributed by atoms with Crippen molar-refractivity contribution in [3.05, 3.63) is 58.6 Å². The van der Waals surface area contributed by atoms with Crippen molar-refractivity contribution < 1.29 is 18.7 Å². The van der Waals surface area contributed by atoms with Gasteiger partial charge in [0.15, 0.2) is 5.78 Å². The highest BCUT2D eigenvalue weighted by molar-refractivity contribution is 9.10. The van der Waals surface area contributed by atoms with Crippen molar-refractivity contribution in [2.24, 2.45) is 0 Å². The molecule has 5 nitrogen and oxygen atoms in total. The van der Waals surface area contributed by atoms with Gasteiger partial charge in [-0.15, -0.1) is 0 Å². The van der Waals surface area contributed by atoms with Gasteiger partial charge in [-0.1, -0.05) is 28.1 Å². The van der Waals surface area contributed by atoms with Crippen LogP contribution in [0.4, 0.5) is 5.69 Å². The van der Waals surface area contributed by atoms with Crippen LogP contribution in [0.3, 0.4) is 0 Å². The van der Waals surface area contributed by atoms with Crippen LogP contribution in [-0.4, -0.2) is 18.3 Å². The van der Waals surface area contributed by atoms with Crippen molar-refractivity contribution in [2.45, 2.75) is 12.2 Å². The molecule has 7 heteroatoms. The number of phenols is 1. The van der Waals surface area contributed by atoms with E-state index >= 15 is 0 Å². The Labute approximate surface area is 143 Å². The van der Waals surface area contributed by atoms with Gasteiger partial charge >= 0.3 is 7.60 Å². The summed E-state index contributed by atoms with van der Waals surface area (Å²) in [4.78, 5) is 0. The number of phenolic OH excluding ortho intramolecular Hbond substituents is 1. The van der Waals surface area contributed by atoms with Gasteiger partial charge in [-0.25, -0.2) is 0 Å². The van der Waals surface area contributed by atoms with Crippen LogP contribution in [0, 0.1) is 0 Å². The van der Waals surface area contributed by atoms with Gasteiger partial charge in [0.1, 0.15) is 5.75 Å². The van der Waals surface area contributed by atoms with Crippen LogP contribution in [0.25, 0.3) is 0 Å². The molecular formula is C16H17BrNO4P. The molecule has 1 atom stereocenters. The van der Waals surface area contributed by atoms with Crippen LogP contribution in [-0.2, 0) is 13.6 Å². The van der Waals surface area contributed by atoms with E-state index < -0.39 is 13.4 Å². The van der Waals surface area contributed by atoms with Crippen LogP contribution in [0.1, 0.15) is 17.8 Å². The van der Waals surface area contributed by atoms with Gasteiger partial charge in [0.05, 0.1) is 13.2 Å². The quantitative estimate of drug-likeness (QED) is 0.567. The third kappa shape index (κ3) is 3.96. The molecule has 2 aromatic rings. The minimum atomic E-state index is -3.33. The molecule has 1 aliphatic rings. The van der Waals surface area contributed by atoms with E-state index in [9.17, 15) is 9.67 Å². The second-order valence-corrected chi connectivity index (χ2v) is 8.23. The first-order valence-corrected chi connectivity index (χ1v) is 9.67. The Morgan fingerprint density at radius 1 is 1.04 bits per heavy atom. The summed E-state index contributed by atoms with van der Waals surface area (Å²) in [7, 11) is -3.33. The topological polar surface area (TPSA) is 67.8 Å². The highest BCUT2D eigenvalue weighted by Crippen LogP contribution is 2.62. The summed E-state index contributed by atoms with van der Waals surface area (Å²) in [5.41, 5.74) is 1.54. The highest BCUT2D eigenvalue weighted by atomic mass is 79.9. The number of rotatable bonds is 4. The lowest BCUT2D eigenvalue weighted by Gasteiger charge is -2.31. The fourth-order valence-electron chi connectivity index (χ4n) is 2.33. The third-order valence-corrected chi connectivity index (χ3v) is 6.18. The maximum absolute atomic E-state index is 13.1. The molecule has 122 valence electrons. The van der Waals surface area contributed by atoms with Crippen molar-refractivity contribution in [3.8, 4) is 5.75 Å². The van der Waals surface area contributed by atoms with Crippen molar-refractivity contribution >= 4 is 29.2 Å². The zero-order valence-electron chi connectivity index (χ0n) is 12.3. The summed E-state index contributed by atoms with van der Waals surface area (Å²) in [6, 6.07) is 14.1. The SMILES string of the molecule is O=P1([C@@H](Nc2ccc(O)cc2)c2ccc(Br)cc2)OCCCO1. The number of aromatic hydroxyl groups is 1. The first-order chi connectivity index (χ1) is 11.1. The lowest BCUT2D eigenvalue weighted by molar-refractivity contribution is 0.142. The molecular weight excluding hydrogens is 381 g/mol. The summed E-state index contributed by atoms with van der Waals surface area (Å²) in [6.45, 7) is 0.836. The molecule has 1 fully saturated rings. The maximum Gasteiger partial charge on any atom is 0.357 e. The molecule has 2 N–H and O–H groups in total. The van der Waals surface area contributed by atoms with E-state index in [0.29, 0.717) is 13.2 Å². The van der Waals surface area contributed by atoms with E-state index in [4.69, 9.17) is 9.05 Å². The van der Waals surface area contributed by atoms with Crippen LogP contribution in [0.15, 0.2) is 53.0 Å². The number of anilines is 1. The zero-order valence-corrected chi connectivity index (χ0v) is 14.8. The highest BCUT2D eigenvalue weighted by Gasteiger charge is 2.39. The Morgan fingerprint density at radius 2 is 1.65 bits per heavy atom. The Kier molecular flexibility index (Phi) is 5.07. The van der Waals surface area contributed by atoms with Crippen LogP contribution in [0.2, 0.25) is 0 Å². The first-order valence-electron chi connectivity index (χ1n) is 7.27. The van der Waals surface area contributed by atoms with Gasteiger partial charge in [-0.05, 0) is 48.4 Å². The largest absolute Gasteiger partial charge is 0.508 e. The standard InChI is InChI=1S/C16H17BrNO4P/c17-13-4-2-12(3-5-13)16(23(20)21-10-1-11-22-23)18-14-6-8-15(19)9-7-14/h2-9,16,18-19H,1,10-11H2/t16-/m1/s1. The molecule has 0 aromatic heterocycles. The van der Waals surface area contributed by atoms with Gasteiger partial charge in [0.2, 0.25) is 0 Å². The number of nitrogens with one attached hydrogen (secondary N) is 1. The van der Waals surface area contributed by atoms with E-state index in [-0.39, 0.29) is 5.75 Å². The molecule has 23 heavy (non-hydrogen) atoms. The van der Waals surface area contributed by atoms with Crippen LogP contribution >= 0.6 is 23.5 Å². The summed E-state index contributed by atoms with van der Waals surface area (Å²) in [5, 5.41) is 12.6. The van der Waals surface area contributed by atoms with Crippen LogP contribution < -0.4 is 5.32 Å². The predicted molar refractivity (Wildman–Crippen MR) is 92.7 cm³/mol. The van der Waals surface area contributed by atoms with Gasteiger partial charge in [0, 0.05) is 10.2 Å². The molecule has 0 aliphatic carbocycles. The third-order valence-electron chi connectivity index (χ3n) is 3.50. The Hall–Kier alpha value is -1.33. The Balaban J connectivity index is 1.93. The monoisotopic (exact) mass is 397 g/mol. The second kappa shape index (κ2) is 7.05. The average Bonchev–Trinajstić information content (AvgIpc) is 2.56. The molecule has 0 bridgehead atoms. The average molecular weight is 398 g/mol. The molecule has 0 spiro atoms. The Morgan fingerprint density at radius 3 is 2.26 bits per heavy atom. The number of hydrogen-bond acceptors (Lipinski definition) is 5. The zero-order chi connectivity index (χ0) is 16.3. The Bertz CT molecular complexity index is 695. The summed E-state index contributed by atoms with van der Waals surface area (Å²) in [5.74, 6) is -0.437. The molecule has 0 saturated carbocycles. The molecule has 0 amide bonds. The first kappa shape index (κ1) is 16.5. The fourth-order valence-corrected chi connectivity index (χ4v) is 4.58. The van der Waals surface area contributed by atoms with Gasteiger partial charge < -0.3 is 19.5 Å². The number of halogens is 1. The lowest BCUT2D eigenvalue weighted by Crippen LogP contribution is -2.19. The molecule has 1 saturated heterocycles. The number of benzene rings is 2. The molecule has 3 rings (SSSR count). The fraction of sp³-hybridized carbons (Fsp3) is 0.250. The van der Waals surface area contributed by atoms with E-state index in [2.05, 4.69) is 21.2 Å². The smallest absolute Gasteiger partial charge is 0.357 e. The summed E-state index contributed by atoms with van der Waals surface area (Å²) >= 11 is 3.40. The van der Waals surface area contributed by atoms with Crippen molar-refractivity contribution in [1.29, 1.82) is 0 Å². The van der Waals surface area contributed by atoms with Gasteiger partial charge in [0.25, 0.3) is 0 Å². The van der Waals surface area contributed by atoms with E-state index in [1.807, 2.05) is 24.3 Å². The summed E-state index contributed by atoms with van der Waals surface area (Å²) < 4.78 is 25.1. The molecule has 1 heterocycles. The number of hydrogen-bond donors (Lipinski definition) is 2. The van der Waals surface area contributed by atoms with Crippen molar-refractivity contribution in [1.82, 2.24) is 0 Å². The molecule has 2 aromatic carbocycles. The molecule has 1 aliphatic heterocycles. The molecule has 0 unspecified atom stereocenters. The molecule has 0 radical (unpaired) electrons.